The van der Waals surface area contributed by atoms with Crippen molar-refractivity contribution in [3.8, 4) is 0 Å². The Labute approximate surface area is 117 Å². The van der Waals surface area contributed by atoms with Crippen molar-refractivity contribution in [2.45, 2.75) is 27.1 Å². The quantitative estimate of drug-likeness (QED) is 0.418. The van der Waals surface area contributed by atoms with Crippen LogP contribution >= 0.6 is 0 Å². The van der Waals surface area contributed by atoms with Crippen molar-refractivity contribution in [1.82, 2.24) is 0 Å². The van der Waals surface area contributed by atoms with Crippen LogP contribution in [0.4, 0.5) is 4.39 Å². The molecule has 1 rings (SSSR count). The van der Waals surface area contributed by atoms with E-state index >= 15 is 0 Å². The minimum absolute atomic E-state index is 0.0971. The van der Waals surface area contributed by atoms with Gasteiger partial charge in [-0.25, -0.2) is 4.39 Å². The summed E-state index contributed by atoms with van der Waals surface area (Å²) in [5, 5.41) is 0. The van der Waals surface area contributed by atoms with E-state index in [1.54, 1.807) is 19.9 Å². The summed E-state index contributed by atoms with van der Waals surface area (Å²) in [5.74, 6) is -2.73. The first kappa shape index (κ1) is 16.5. The summed E-state index contributed by atoms with van der Waals surface area (Å²) in [6, 6.07) is 5.59. The zero-order chi connectivity index (χ0) is 15.1. The Balaban J connectivity index is 2.87. The van der Waals surface area contributed by atoms with Gasteiger partial charge in [0.15, 0.2) is 11.6 Å². The standard InChI is InChI=1S/C15H19FO4/c1-4-19-15(20-5-2)14(18)10(3)13(17)11-8-6-7-9-12(11)16/h6-10,15H,4-5H2,1-3H3. The smallest absolute Gasteiger partial charge is 0.218 e. The summed E-state index contributed by atoms with van der Waals surface area (Å²) in [6.07, 6.45) is -1.09. The summed E-state index contributed by atoms with van der Waals surface area (Å²) in [4.78, 5) is 24.3. The number of hydrogen-bond donors (Lipinski definition) is 0. The molecule has 20 heavy (non-hydrogen) atoms. The van der Waals surface area contributed by atoms with Crippen LogP contribution in [0.1, 0.15) is 31.1 Å². The summed E-state index contributed by atoms with van der Waals surface area (Å²) in [6.45, 7) is 5.46. The highest BCUT2D eigenvalue weighted by Crippen LogP contribution is 2.16. The molecule has 1 unspecified atom stereocenters. The molecule has 0 radical (unpaired) electrons. The predicted octanol–water partition coefficient (Wildman–Crippen LogP) is 2.61. The molecule has 0 heterocycles. The van der Waals surface area contributed by atoms with Gasteiger partial charge in [0.2, 0.25) is 6.29 Å². The number of carbonyl (C=O) groups excluding carboxylic acids is 2. The Morgan fingerprint density at radius 2 is 1.70 bits per heavy atom. The topological polar surface area (TPSA) is 52.6 Å². The highest BCUT2D eigenvalue weighted by atomic mass is 19.1. The van der Waals surface area contributed by atoms with Gasteiger partial charge in [0.05, 0.1) is 11.5 Å². The van der Waals surface area contributed by atoms with Gasteiger partial charge in [-0.05, 0) is 32.9 Å². The zero-order valence-electron chi connectivity index (χ0n) is 11.9. The molecule has 0 saturated heterocycles. The van der Waals surface area contributed by atoms with Crippen LogP contribution < -0.4 is 0 Å². The van der Waals surface area contributed by atoms with Gasteiger partial charge >= 0.3 is 0 Å². The van der Waals surface area contributed by atoms with E-state index in [0.717, 1.165) is 0 Å². The third kappa shape index (κ3) is 3.95. The van der Waals surface area contributed by atoms with Crippen LogP contribution in [-0.4, -0.2) is 31.1 Å². The highest BCUT2D eigenvalue weighted by molar-refractivity contribution is 6.11. The minimum atomic E-state index is -1.09. The molecule has 5 heteroatoms. The van der Waals surface area contributed by atoms with Gasteiger partial charge in [-0.1, -0.05) is 12.1 Å². The maximum Gasteiger partial charge on any atom is 0.218 e. The highest BCUT2D eigenvalue weighted by Gasteiger charge is 2.31. The molecule has 4 nitrogen and oxygen atoms in total. The van der Waals surface area contributed by atoms with E-state index in [2.05, 4.69) is 0 Å². The van der Waals surface area contributed by atoms with Crippen LogP contribution in [0.3, 0.4) is 0 Å². The van der Waals surface area contributed by atoms with Gasteiger partial charge in [-0.3, -0.25) is 9.59 Å². The summed E-state index contributed by atoms with van der Waals surface area (Å²) < 4.78 is 23.9. The Hall–Kier alpha value is -1.59. The first-order chi connectivity index (χ1) is 9.52. The number of carbonyl (C=O) groups is 2. The van der Waals surface area contributed by atoms with Gasteiger partial charge in [-0.2, -0.15) is 0 Å². The second-order valence-electron chi connectivity index (χ2n) is 4.21. The molecular weight excluding hydrogens is 263 g/mol. The molecule has 0 aliphatic heterocycles. The molecule has 110 valence electrons. The van der Waals surface area contributed by atoms with Gasteiger partial charge in [0.25, 0.3) is 0 Å². The van der Waals surface area contributed by atoms with Crippen molar-refractivity contribution in [3.63, 3.8) is 0 Å². The van der Waals surface area contributed by atoms with E-state index in [4.69, 9.17) is 9.47 Å². The molecule has 1 aromatic rings. The van der Waals surface area contributed by atoms with Crippen molar-refractivity contribution >= 4 is 11.6 Å². The van der Waals surface area contributed by atoms with Crippen molar-refractivity contribution in [3.05, 3.63) is 35.6 Å². The second-order valence-corrected chi connectivity index (χ2v) is 4.21. The molecule has 0 aliphatic rings. The van der Waals surface area contributed by atoms with Crippen LogP contribution in [0, 0.1) is 11.7 Å². The van der Waals surface area contributed by atoms with Gasteiger partial charge in [-0.15, -0.1) is 0 Å². The fourth-order valence-corrected chi connectivity index (χ4v) is 1.74. The summed E-state index contributed by atoms with van der Waals surface area (Å²) in [5.41, 5.74) is -0.0971. The van der Waals surface area contributed by atoms with E-state index in [-0.39, 0.29) is 18.8 Å². The molecule has 0 bridgehead atoms. The summed E-state index contributed by atoms with van der Waals surface area (Å²) in [7, 11) is 0. The lowest BCUT2D eigenvalue weighted by Crippen LogP contribution is -2.35. The van der Waals surface area contributed by atoms with E-state index in [9.17, 15) is 14.0 Å². The van der Waals surface area contributed by atoms with Gasteiger partial charge in [0.1, 0.15) is 5.82 Å². The van der Waals surface area contributed by atoms with Crippen LogP contribution in [0.2, 0.25) is 0 Å². The van der Waals surface area contributed by atoms with Crippen LogP contribution in [0.15, 0.2) is 24.3 Å². The number of halogens is 1. The predicted molar refractivity (Wildman–Crippen MR) is 71.9 cm³/mol. The van der Waals surface area contributed by atoms with Crippen molar-refractivity contribution in [2.24, 2.45) is 5.92 Å². The molecule has 1 aromatic carbocycles. The maximum atomic E-state index is 13.6. The second kappa shape index (κ2) is 7.87. The van der Waals surface area contributed by atoms with E-state index in [1.165, 1.54) is 25.1 Å². The molecule has 1 atom stereocenters. The molecule has 0 spiro atoms. The molecule has 0 saturated carbocycles. The van der Waals surface area contributed by atoms with Crippen molar-refractivity contribution < 1.29 is 23.5 Å². The van der Waals surface area contributed by atoms with Crippen molar-refractivity contribution in [2.75, 3.05) is 13.2 Å². The molecular formula is C15H19FO4. The number of benzene rings is 1. The minimum Gasteiger partial charge on any atom is -0.346 e. The number of hydrogen-bond acceptors (Lipinski definition) is 4. The molecule has 0 N–H and O–H groups in total. The monoisotopic (exact) mass is 282 g/mol. The largest absolute Gasteiger partial charge is 0.346 e. The van der Waals surface area contributed by atoms with Gasteiger partial charge in [0, 0.05) is 13.2 Å². The van der Waals surface area contributed by atoms with Crippen molar-refractivity contribution in [1.29, 1.82) is 0 Å². The zero-order valence-corrected chi connectivity index (χ0v) is 11.9. The van der Waals surface area contributed by atoms with E-state index < -0.39 is 29.6 Å². The van der Waals surface area contributed by atoms with Crippen LogP contribution in [0.25, 0.3) is 0 Å². The Morgan fingerprint density at radius 3 is 2.20 bits per heavy atom. The first-order valence-corrected chi connectivity index (χ1v) is 6.58. The maximum absolute atomic E-state index is 13.6. The van der Waals surface area contributed by atoms with E-state index in [0.29, 0.717) is 0 Å². The molecule has 0 aliphatic carbocycles. The Kier molecular flexibility index (Phi) is 6.48. The number of Topliss-reactive ketones (excluding diaryl/α,β-unsaturated/α-hetero) is 2. The third-order valence-corrected chi connectivity index (χ3v) is 2.83. The molecule has 0 aromatic heterocycles. The SMILES string of the molecule is CCOC(OCC)C(=O)C(C)C(=O)c1ccccc1F. The third-order valence-electron chi connectivity index (χ3n) is 2.83. The fraction of sp³-hybridized carbons (Fsp3) is 0.467. The number of ketones is 2. The lowest BCUT2D eigenvalue weighted by Gasteiger charge is -2.19. The fourth-order valence-electron chi connectivity index (χ4n) is 1.74. The molecule has 0 fully saturated rings. The summed E-state index contributed by atoms with van der Waals surface area (Å²) >= 11 is 0. The molecule has 0 amide bonds. The number of ether oxygens (including phenoxy) is 2. The van der Waals surface area contributed by atoms with Crippen LogP contribution in [-0.2, 0) is 14.3 Å². The van der Waals surface area contributed by atoms with Gasteiger partial charge < -0.3 is 9.47 Å². The Morgan fingerprint density at radius 1 is 1.15 bits per heavy atom. The Bertz CT molecular complexity index is 467. The van der Waals surface area contributed by atoms with E-state index in [1.807, 2.05) is 0 Å². The normalized spacial score (nSPS) is 12.4. The van der Waals surface area contributed by atoms with Crippen LogP contribution in [0.5, 0.6) is 0 Å². The average molecular weight is 282 g/mol. The average Bonchev–Trinajstić information content (AvgIpc) is 2.45. The first-order valence-electron chi connectivity index (χ1n) is 6.58. The number of rotatable bonds is 8. The lowest BCUT2D eigenvalue weighted by atomic mass is 9.94. The lowest BCUT2D eigenvalue weighted by molar-refractivity contribution is -0.170.